The number of benzene rings is 3. The monoisotopic (exact) mass is 363 g/mol. The standard InChI is InChI=1S/C20H17N3O4/c24-17-9-4-10-18(25)16(17)11-22-23-19(26)12-21-20(27)15-8-3-6-13-5-1-2-7-14(13)15/h1-11,24-25H,12H2,(H,21,27)(H,23,26)/b22-11+. The van der Waals surface area contributed by atoms with E-state index in [1.807, 2.05) is 30.3 Å². The average Bonchev–Trinajstić information content (AvgIpc) is 2.68. The molecule has 0 bridgehead atoms. The Labute approximate surface area is 155 Å². The summed E-state index contributed by atoms with van der Waals surface area (Å²) in [5, 5.41) is 27.2. The topological polar surface area (TPSA) is 111 Å². The summed E-state index contributed by atoms with van der Waals surface area (Å²) in [4.78, 5) is 24.2. The number of carbonyl (C=O) groups is 2. The Morgan fingerprint density at radius 1 is 0.926 bits per heavy atom. The van der Waals surface area contributed by atoms with Crippen LogP contribution in [0.4, 0.5) is 0 Å². The van der Waals surface area contributed by atoms with Crippen molar-refractivity contribution >= 4 is 28.8 Å². The van der Waals surface area contributed by atoms with E-state index in [1.54, 1.807) is 12.1 Å². The highest BCUT2D eigenvalue weighted by molar-refractivity contribution is 6.07. The summed E-state index contributed by atoms with van der Waals surface area (Å²) in [5.74, 6) is -1.26. The summed E-state index contributed by atoms with van der Waals surface area (Å²) < 4.78 is 0. The fraction of sp³-hybridized carbons (Fsp3) is 0.0500. The van der Waals surface area contributed by atoms with Gasteiger partial charge in [0.15, 0.2) is 0 Å². The number of hydrazone groups is 1. The van der Waals surface area contributed by atoms with E-state index in [1.165, 1.54) is 18.2 Å². The molecule has 0 aliphatic carbocycles. The van der Waals surface area contributed by atoms with Gasteiger partial charge in [-0.05, 0) is 29.0 Å². The normalized spacial score (nSPS) is 10.8. The number of rotatable bonds is 5. The molecule has 4 N–H and O–H groups in total. The minimum absolute atomic E-state index is 0.0811. The summed E-state index contributed by atoms with van der Waals surface area (Å²) in [6.07, 6.45) is 1.12. The maximum atomic E-state index is 12.4. The first-order valence-electron chi connectivity index (χ1n) is 8.15. The van der Waals surface area contributed by atoms with Gasteiger partial charge in [0, 0.05) is 5.56 Å². The van der Waals surface area contributed by atoms with E-state index in [0.29, 0.717) is 5.56 Å². The van der Waals surface area contributed by atoms with Gasteiger partial charge >= 0.3 is 0 Å². The predicted octanol–water partition coefficient (Wildman–Crippen LogP) is 2.13. The fourth-order valence-electron chi connectivity index (χ4n) is 2.56. The van der Waals surface area contributed by atoms with Crippen molar-refractivity contribution in [3.63, 3.8) is 0 Å². The van der Waals surface area contributed by atoms with Crippen LogP contribution in [0, 0.1) is 0 Å². The van der Waals surface area contributed by atoms with Crippen LogP contribution >= 0.6 is 0 Å². The highest BCUT2D eigenvalue weighted by Crippen LogP contribution is 2.23. The van der Waals surface area contributed by atoms with Gasteiger partial charge in [0.1, 0.15) is 11.5 Å². The highest BCUT2D eigenvalue weighted by atomic mass is 16.3. The van der Waals surface area contributed by atoms with E-state index >= 15 is 0 Å². The molecule has 3 aromatic rings. The number of nitrogens with zero attached hydrogens (tertiary/aromatic N) is 1. The Morgan fingerprint density at radius 3 is 2.37 bits per heavy atom. The summed E-state index contributed by atoms with van der Waals surface area (Å²) in [5.41, 5.74) is 2.78. The molecular weight excluding hydrogens is 346 g/mol. The second kappa shape index (κ2) is 8.01. The second-order valence-electron chi connectivity index (χ2n) is 5.71. The number of amides is 2. The van der Waals surface area contributed by atoms with Gasteiger partial charge in [-0.2, -0.15) is 5.10 Å². The van der Waals surface area contributed by atoms with Gasteiger partial charge in [-0.1, -0.05) is 42.5 Å². The van der Waals surface area contributed by atoms with Gasteiger partial charge in [0.25, 0.3) is 11.8 Å². The Hall–Kier alpha value is -3.87. The summed E-state index contributed by atoms with van der Waals surface area (Å²) in [7, 11) is 0. The van der Waals surface area contributed by atoms with Crippen LogP contribution in [-0.2, 0) is 4.79 Å². The summed E-state index contributed by atoms with van der Waals surface area (Å²) >= 11 is 0. The van der Waals surface area contributed by atoms with Crippen LogP contribution in [0.3, 0.4) is 0 Å². The van der Waals surface area contributed by atoms with E-state index in [4.69, 9.17) is 0 Å². The third kappa shape index (κ3) is 4.21. The zero-order chi connectivity index (χ0) is 19.2. The van der Waals surface area contributed by atoms with Crippen molar-refractivity contribution in [1.82, 2.24) is 10.7 Å². The molecule has 0 unspecified atom stereocenters. The van der Waals surface area contributed by atoms with Crippen molar-refractivity contribution in [2.75, 3.05) is 6.54 Å². The van der Waals surface area contributed by atoms with Crippen LogP contribution in [0.25, 0.3) is 10.8 Å². The number of nitrogens with one attached hydrogen (secondary N) is 2. The quantitative estimate of drug-likeness (QED) is 0.411. The van der Waals surface area contributed by atoms with Crippen LogP contribution in [0.1, 0.15) is 15.9 Å². The van der Waals surface area contributed by atoms with Crippen LogP contribution < -0.4 is 10.7 Å². The van der Waals surface area contributed by atoms with Gasteiger partial charge in [0.05, 0.1) is 18.3 Å². The average molecular weight is 363 g/mol. The summed E-state index contributed by atoms with van der Waals surface area (Å²) in [6, 6.07) is 17.1. The van der Waals surface area contributed by atoms with E-state index in [0.717, 1.165) is 17.0 Å². The molecule has 0 heterocycles. The smallest absolute Gasteiger partial charge is 0.259 e. The Morgan fingerprint density at radius 2 is 1.59 bits per heavy atom. The molecule has 7 nitrogen and oxygen atoms in total. The number of phenolic OH excluding ortho intramolecular Hbond substituents is 2. The van der Waals surface area contributed by atoms with Crippen molar-refractivity contribution in [1.29, 1.82) is 0 Å². The molecule has 2 amide bonds. The molecule has 0 fully saturated rings. The van der Waals surface area contributed by atoms with E-state index in [-0.39, 0.29) is 29.5 Å². The molecule has 0 radical (unpaired) electrons. The molecule has 0 saturated heterocycles. The number of hydrogen-bond donors (Lipinski definition) is 4. The van der Waals surface area contributed by atoms with Crippen LogP contribution in [-0.4, -0.2) is 34.8 Å². The number of phenols is 2. The van der Waals surface area contributed by atoms with Crippen LogP contribution in [0.15, 0.2) is 65.8 Å². The molecular formula is C20H17N3O4. The maximum absolute atomic E-state index is 12.4. The van der Waals surface area contributed by atoms with Crippen molar-refractivity contribution < 1.29 is 19.8 Å². The molecule has 27 heavy (non-hydrogen) atoms. The first-order chi connectivity index (χ1) is 13.1. The lowest BCUT2D eigenvalue weighted by molar-refractivity contribution is -0.120. The van der Waals surface area contributed by atoms with Crippen LogP contribution in [0.5, 0.6) is 11.5 Å². The molecule has 0 aliphatic rings. The van der Waals surface area contributed by atoms with E-state index in [2.05, 4.69) is 15.8 Å². The molecule has 7 heteroatoms. The van der Waals surface area contributed by atoms with Crippen molar-refractivity contribution in [3.8, 4) is 11.5 Å². The maximum Gasteiger partial charge on any atom is 0.259 e. The second-order valence-corrected chi connectivity index (χ2v) is 5.71. The fourth-order valence-corrected chi connectivity index (χ4v) is 2.56. The van der Waals surface area contributed by atoms with Crippen molar-refractivity contribution in [2.45, 2.75) is 0 Å². The molecule has 0 saturated carbocycles. The first-order valence-corrected chi connectivity index (χ1v) is 8.15. The van der Waals surface area contributed by atoms with Gasteiger partial charge in [0.2, 0.25) is 0 Å². The zero-order valence-electron chi connectivity index (χ0n) is 14.2. The molecule has 3 rings (SSSR count). The van der Waals surface area contributed by atoms with Gasteiger partial charge in [-0.3, -0.25) is 9.59 Å². The largest absolute Gasteiger partial charge is 0.507 e. The Balaban J connectivity index is 1.59. The number of hydrogen-bond acceptors (Lipinski definition) is 5. The molecule has 0 aromatic heterocycles. The third-order valence-electron chi connectivity index (χ3n) is 3.89. The Kier molecular flexibility index (Phi) is 5.32. The van der Waals surface area contributed by atoms with E-state index in [9.17, 15) is 19.8 Å². The van der Waals surface area contributed by atoms with Gasteiger partial charge in [-0.25, -0.2) is 5.43 Å². The number of fused-ring (bicyclic) bond motifs is 1. The lowest BCUT2D eigenvalue weighted by Crippen LogP contribution is -2.35. The Bertz CT molecular complexity index is 1010. The highest BCUT2D eigenvalue weighted by Gasteiger charge is 2.11. The first kappa shape index (κ1) is 17.9. The van der Waals surface area contributed by atoms with Crippen molar-refractivity contribution in [2.24, 2.45) is 5.10 Å². The SMILES string of the molecule is O=C(CNC(=O)c1cccc2ccccc12)N/N=C/c1c(O)cccc1O. The molecule has 0 aliphatic heterocycles. The van der Waals surface area contributed by atoms with Crippen molar-refractivity contribution in [3.05, 3.63) is 71.8 Å². The number of aromatic hydroxyl groups is 2. The summed E-state index contributed by atoms with van der Waals surface area (Å²) in [6.45, 7) is -0.272. The lowest BCUT2D eigenvalue weighted by Gasteiger charge is -2.07. The minimum Gasteiger partial charge on any atom is -0.507 e. The number of carbonyl (C=O) groups excluding carboxylic acids is 2. The van der Waals surface area contributed by atoms with Gasteiger partial charge in [-0.15, -0.1) is 0 Å². The van der Waals surface area contributed by atoms with E-state index < -0.39 is 5.91 Å². The van der Waals surface area contributed by atoms with Gasteiger partial charge < -0.3 is 15.5 Å². The minimum atomic E-state index is -0.547. The third-order valence-corrected chi connectivity index (χ3v) is 3.89. The molecule has 3 aromatic carbocycles. The molecule has 0 spiro atoms. The molecule has 0 atom stereocenters. The molecule has 136 valence electrons. The lowest BCUT2D eigenvalue weighted by atomic mass is 10.0. The predicted molar refractivity (Wildman–Crippen MR) is 102 cm³/mol. The zero-order valence-corrected chi connectivity index (χ0v) is 14.2. The van der Waals surface area contributed by atoms with Crippen LogP contribution in [0.2, 0.25) is 0 Å².